The van der Waals surface area contributed by atoms with E-state index >= 15 is 0 Å². The molecule has 21 heavy (non-hydrogen) atoms. The monoisotopic (exact) mass is 328 g/mol. The van der Waals surface area contributed by atoms with Crippen LogP contribution in [0.3, 0.4) is 0 Å². The van der Waals surface area contributed by atoms with Crippen molar-refractivity contribution in [1.82, 2.24) is 10.2 Å². The summed E-state index contributed by atoms with van der Waals surface area (Å²) in [6, 6.07) is 5.79. The first-order valence-electron chi connectivity index (χ1n) is 5.86. The first-order valence-corrected chi connectivity index (χ1v) is 6.62. The van der Waals surface area contributed by atoms with Crippen LogP contribution in [-0.4, -0.2) is 23.2 Å². The molecule has 2 aromatic rings. The van der Waals surface area contributed by atoms with Gasteiger partial charge in [-0.1, -0.05) is 29.3 Å². The van der Waals surface area contributed by atoms with Gasteiger partial charge in [-0.15, -0.1) is 10.2 Å². The van der Waals surface area contributed by atoms with Crippen molar-refractivity contribution < 1.29 is 9.18 Å². The van der Waals surface area contributed by atoms with Crippen LogP contribution in [0.5, 0.6) is 0 Å². The Bertz CT molecular complexity index is 696. The van der Waals surface area contributed by atoms with Crippen LogP contribution in [-0.2, 0) is 6.54 Å². The van der Waals surface area contributed by atoms with Crippen LogP contribution in [0, 0.1) is 5.82 Å². The number of hydrogen-bond acceptors (Lipinski definition) is 4. The first kappa shape index (κ1) is 15.5. The Labute approximate surface area is 130 Å². The molecule has 0 atom stereocenters. The molecular weight excluding hydrogens is 318 g/mol. The Kier molecular flexibility index (Phi) is 4.59. The maximum atomic E-state index is 13.4. The second kappa shape index (κ2) is 6.24. The van der Waals surface area contributed by atoms with E-state index in [0.717, 1.165) is 0 Å². The zero-order valence-corrected chi connectivity index (χ0v) is 12.5. The molecule has 2 rings (SSSR count). The molecule has 0 bridgehead atoms. The van der Waals surface area contributed by atoms with Crippen LogP contribution in [0.2, 0.25) is 10.2 Å². The molecule has 110 valence electrons. The fraction of sp³-hybridized carbons (Fsp3) is 0.154. The molecule has 0 unspecified atom stereocenters. The average molecular weight is 329 g/mol. The lowest BCUT2D eigenvalue weighted by molar-refractivity contribution is 0.1000. The van der Waals surface area contributed by atoms with Gasteiger partial charge in [-0.2, -0.15) is 0 Å². The number of benzene rings is 1. The Morgan fingerprint density at radius 1 is 1.33 bits per heavy atom. The molecule has 2 N–H and O–H groups in total. The highest BCUT2D eigenvalue weighted by Crippen LogP contribution is 2.21. The number of rotatable bonds is 4. The molecule has 0 aliphatic heterocycles. The second-order valence-electron chi connectivity index (χ2n) is 4.37. The Morgan fingerprint density at radius 3 is 2.67 bits per heavy atom. The van der Waals surface area contributed by atoms with E-state index in [1.807, 2.05) is 0 Å². The predicted molar refractivity (Wildman–Crippen MR) is 79.1 cm³/mol. The topological polar surface area (TPSA) is 72.1 Å². The molecule has 8 heteroatoms. The van der Waals surface area contributed by atoms with Crippen molar-refractivity contribution in [3.8, 4) is 0 Å². The van der Waals surface area contributed by atoms with Crippen LogP contribution < -0.4 is 10.6 Å². The van der Waals surface area contributed by atoms with Crippen molar-refractivity contribution >= 4 is 34.9 Å². The summed E-state index contributed by atoms with van der Waals surface area (Å²) in [7, 11) is 1.68. The average Bonchev–Trinajstić information content (AvgIpc) is 2.42. The van der Waals surface area contributed by atoms with Crippen LogP contribution >= 0.6 is 23.2 Å². The number of anilines is 1. The number of amides is 1. The van der Waals surface area contributed by atoms with Crippen LogP contribution in [0.4, 0.5) is 10.2 Å². The van der Waals surface area contributed by atoms with Crippen molar-refractivity contribution in [3.05, 3.63) is 51.4 Å². The molecule has 0 aliphatic rings. The van der Waals surface area contributed by atoms with E-state index in [-0.39, 0.29) is 21.6 Å². The van der Waals surface area contributed by atoms with Gasteiger partial charge in [-0.25, -0.2) is 4.39 Å². The van der Waals surface area contributed by atoms with E-state index in [9.17, 15) is 9.18 Å². The van der Waals surface area contributed by atoms with E-state index in [1.54, 1.807) is 18.0 Å². The molecule has 0 aliphatic carbocycles. The van der Waals surface area contributed by atoms with Gasteiger partial charge in [0.15, 0.2) is 11.0 Å². The minimum Gasteiger partial charge on any atom is -0.365 e. The molecule has 1 amide bonds. The summed E-state index contributed by atoms with van der Waals surface area (Å²) < 4.78 is 13.4. The third-order valence-electron chi connectivity index (χ3n) is 2.78. The minimum absolute atomic E-state index is 0.0468. The third-order valence-corrected chi connectivity index (χ3v) is 3.27. The Morgan fingerprint density at radius 2 is 2.05 bits per heavy atom. The first-order chi connectivity index (χ1) is 9.88. The molecule has 0 saturated heterocycles. The highest BCUT2D eigenvalue weighted by atomic mass is 35.5. The SMILES string of the molecule is CN(Cc1ccc(Cl)c(F)c1)c1nnc(Cl)cc1C(N)=O. The van der Waals surface area contributed by atoms with E-state index in [1.165, 1.54) is 18.2 Å². The van der Waals surface area contributed by atoms with Gasteiger partial charge in [-0.3, -0.25) is 4.79 Å². The second-order valence-corrected chi connectivity index (χ2v) is 5.17. The number of carbonyl (C=O) groups excluding carboxylic acids is 1. The number of primary amides is 1. The molecule has 5 nitrogen and oxygen atoms in total. The number of nitrogens with two attached hydrogens (primary N) is 1. The lowest BCUT2D eigenvalue weighted by Gasteiger charge is -2.19. The number of carbonyl (C=O) groups is 1. The van der Waals surface area contributed by atoms with Gasteiger partial charge in [0.2, 0.25) is 0 Å². The van der Waals surface area contributed by atoms with Gasteiger partial charge >= 0.3 is 0 Å². The maximum Gasteiger partial charge on any atom is 0.252 e. The van der Waals surface area contributed by atoms with Gasteiger partial charge in [0, 0.05) is 13.6 Å². The number of halogens is 3. The summed E-state index contributed by atoms with van der Waals surface area (Å²) in [6.45, 7) is 0.296. The van der Waals surface area contributed by atoms with Crippen molar-refractivity contribution in [2.75, 3.05) is 11.9 Å². The van der Waals surface area contributed by atoms with Gasteiger partial charge in [0.05, 0.1) is 10.6 Å². The number of nitrogens with zero attached hydrogens (tertiary/aromatic N) is 3. The summed E-state index contributed by atoms with van der Waals surface area (Å²) in [5, 5.41) is 7.66. The molecule has 1 aromatic heterocycles. The third kappa shape index (κ3) is 3.59. The lowest BCUT2D eigenvalue weighted by atomic mass is 10.2. The largest absolute Gasteiger partial charge is 0.365 e. The zero-order chi connectivity index (χ0) is 15.6. The van der Waals surface area contributed by atoms with E-state index in [4.69, 9.17) is 28.9 Å². The molecule has 0 fully saturated rings. The fourth-order valence-electron chi connectivity index (χ4n) is 1.81. The standard InChI is InChI=1S/C13H11Cl2FN4O/c1-20(6-7-2-3-9(14)10(16)4-7)13-8(12(17)21)5-11(15)18-19-13/h2-5H,6H2,1H3,(H2,17,21). The van der Waals surface area contributed by atoms with Crippen LogP contribution in [0.1, 0.15) is 15.9 Å². The molecule has 0 spiro atoms. The maximum absolute atomic E-state index is 13.4. The van der Waals surface area contributed by atoms with Crippen LogP contribution in [0.25, 0.3) is 0 Å². The van der Waals surface area contributed by atoms with Gasteiger partial charge in [0.25, 0.3) is 5.91 Å². The molecule has 0 radical (unpaired) electrons. The van der Waals surface area contributed by atoms with E-state index < -0.39 is 11.7 Å². The number of aromatic nitrogens is 2. The summed E-state index contributed by atoms with van der Waals surface area (Å²) in [5.41, 5.74) is 6.09. The van der Waals surface area contributed by atoms with Crippen molar-refractivity contribution in [1.29, 1.82) is 0 Å². The van der Waals surface area contributed by atoms with Crippen molar-refractivity contribution in [3.63, 3.8) is 0 Å². The summed E-state index contributed by atoms with van der Waals surface area (Å²) in [4.78, 5) is 13.0. The van der Waals surface area contributed by atoms with Crippen molar-refractivity contribution in [2.24, 2.45) is 5.73 Å². The lowest BCUT2D eigenvalue weighted by Crippen LogP contribution is -2.24. The van der Waals surface area contributed by atoms with Gasteiger partial charge in [-0.05, 0) is 23.8 Å². The highest BCUT2D eigenvalue weighted by Gasteiger charge is 2.16. The van der Waals surface area contributed by atoms with E-state index in [0.29, 0.717) is 12.1 Å². The molecule has 1 heterocycles. The Balaban J connectivity index is 2.29. The summed E-state index contributed by atoms with van der Waals surface area (Å²) in [6.07, 6.45) is 0. The highest BCUT2D eigenvalue weighted by molar-refractivity contribution is 6.30. The van der Waals surface area contributed by atoms with Gasteiger partial charge < -0.3 is 10.6 Å². The summed E-state index contributed by atoms with van der Waals surface area (Å²) in [5.74, 6) is -0.918. The van der Waals surface area contributed by atoms with E-state index in [2.05, 4.69) is 10.2 Å². The predicted octanol–water partition coefficient (Wildman–Crippen LogP) is 2.66. The quantitative estimate of drug-likeness (QED) is 0.936. The summed E-state index contributed by atoms with van der Waals surface area (Å²) >= 11 is 11.3. The van der Waals surface area contributed by atoms with Gasteiger partial charge in [0.1, 0.15) is 5.82 Å². The van der Waals surface area contributed by atoms with Crippen molar-refractivity contribution in [2.45, 2.75) is 6.54 Å². The smallest absolute Gasteiger partial charge is 0.252 e. The normalized spacial score (nSPS) is 10.5. The molecule has 0 saturated carbocycles. The molecule has 1 aromatic carbocycles. The Hall–Kier alpha value is -1.92. The fourth-order valence-corrected chi connectivity index (χ4v) is 2.08. The van der Waals surface area contributed by atoms with Crippen LogP contribution in [0.15, 0.2) is 24.3 Å². The molecular formula is C13H11Cl2FN4O. The minimum atomic E-state index is -0.670. The number of hydrogen-bond donors (Lipinski definition) is 1. The zero-order valence-electron chi connectivity index (χ0n) is 11.0.